The first kappa shape index (κ1) is 41.5. The van der Waals surface area contributed by atoms with E-state index in [1.54, 1.807) is 48.5 Å². The normalized spacial score (nSPS) is 15.1. The van der Waals surface area contributed by atoms with Gasteiger partial charge in [0.05, 0.1) is 0 Å². The molecule has 282 valence electrons. The van der Waals surface area contributed by atoms with Crippen LogP contribution in [-0.2, 0) is 17.2 Å². The number of hydrogen-bond acceptors (Lipinski definition) is 8. The van der Waals surface area contributed by atoms with Crippen molar-refractivity contribution < 1.29 is 19.1 Å². The van der Waals surface area contributed by atoms with Crippen LogP contribution < -0.4 is 15.0 Å². The summed E-state index contributed by atoms with van der Waals surface area (Å²) in [5, 5.41) is 2.80. The Morgan fingerprint density at radius 3 is 2.04 bits per heavy atom. The minimum Gasteiger partial charge on any atom is -0.427 e. The first-order chi connectivity index (χ1) is 25.4. The Morgan fingerprint density at radius 1 is 0.870 bits per heavy atom. The number of benzene rings is 3. The van der Waals surface area contributed by atoms with Crippen molar-refractivity contribution in [2.75, 3.05) is 23.8 Å². The molecule has 0 unspecified atom stereocenters. The van der Waals surface area contributed by atoms with Crippen LogP contribution in [0.25, 0.3) is 17.5 Å². The predicted molar refractivity (Wildman–Crippen MR) is 218 cm³/mol. The second-order valence-electron chi connectivity index (χ2n) is 13.2. The maximum absolute atomic E-state index is 12.9. The number of Topliss-reactive ketones (excluding diaryl/α,β-unsaturated/α-hetero) is 1. The third-order valence-corrected chi connectivity index (χ3v) is 9.63. The van der Waals surface area contributed by atoms with Gasteiger partial charge in [0.25, 0.3) is 5.91 Å². The van der Waals surface area contributed by atoms with Gasteiger partial charge in [0.15, 0.2) is 23.3 Å². The molecule has 1 aliphatic carbocycles. The molecule has 4 aromatic rings. The topological polar surface area (TPSA) is 114 Å². The van der Waals surface area contributed by atoms with Gasteiger partial charge in [-0.25, -0.2) is 15.0 Å². The molecule has 1 N–H and O–H groups in total. The first-order valence-electron chi connectivity index (χ1n) is 16.8. The van der Waals surface area contributed by atoms with Gasteiger partial charge in [-0.2, -0.15) is 0 Å². The van der Waals surface area contributed by atoms with Gasteiger partial charge in [0.2, 0.25) is 7.59 Å². The minimum atomic E-state index is -1.99. The zero-order valence-electron chi connectivity index (χ0n) is 29.4. The van der Waals surface area contributed by atoms with Crippen molar-refractivity contribution in [3.63, 3.8) is 0 Å². The van der Waals surface area contributed by atoms with Gasteiger partial charge in [0.1, 0.15) is 5.75 Å². The van der Waals surface area contributed by atoms with Crippen LogP contribution in [0.15, 0.2) is 90.5 Å². The summed E-state index contributed by atoms with van der Waals surface area (Å²) in [6.45, 7) is 4.64. The molecule has 0 bridgehead atoms. The summed E-state index contributed by atoms with van der Waals surface area (Å²) < 4.78 is 1.50. The molecular weight excluding hydrogens is 815 g/mol. The van der Waals surface area contributed by atoms with Gasteiger partial charge in [-0.15, -0.1) is 0 Å². The zero-order valence-corrected chi connectivity index (χ0v) is 33.9. The number of nitrogens with zero attached hydrogens (tertiary/aromatic N) is 4. The van der Waals surface area contributed by atoms with Crippen LogP contribution in [0.1, 0.15) is 67.1 Å². The van der Waals surface area contributed by atoms with E-state index >= 15 is 0 Å². The molecule has 0 saturated heterocycles. The summed E-state index contributed by atoms with van der Waals surface area (Å²) in [4.78, 5) is 52.3. The first-order valence-corrected chi connectivity index (χ1v) is 19.0. The lowest BCUT2D eigenvalue weighted by Crippen LogP contribution is -2.20. The molecule has 1 fully saturated rings. The number of anilines is 2. The van der Waals surface area contributed by atoms with Gasteiger partial charge in [-0.1, -0.05) is 114 Å². The van der Waals surface area contributed by atoms with Gasteiger partial charge in [0, 0.05) is 47.9 Å². The predicted octanol–water partition coefficient (Wildman–Crippen LogP) is 10.6. The molecule has 1 aliphatic rings. The average molecular weight is 850 g/mol. The third-order valence-electron chi connectivity index (χ3n) is 8.61. The zero-order chi connectivity index (χ0) is 39.3. The maximum Gasteiger partial charge on any atom is 0.311 e. The fraction of sp³-hybridized carbons (Fsp3) is 0.282. The highest BCUT2D eigenvalue weighted by atomic mass is 35.6. The molecule has 0 spiro atoms. The monoisotopic (exact) mass is 847 g/mol. The molecule has 1 heterocycles. The second kappa shape index (κ2) is 17.4. The highest BCUT2D eigenvalue weighted by Gasteiger charge is 2.36. The van der Waals surface area contributed by atoms with Crippen LogP contribution in [0.4, 0.5) is 11.4 Å². The number of hydrogen-bond donors (Lipinski definition) is 1. The molecule has 5 rings (SSSR count). The fourth-order valence-electron chi connectivity index (χ4n) is 5.49. The molecule has 0 aliphatic heterocycles. The number of carbonyl (C=O) groups is 3. The van der Waals surface area contributed by atoms with Gasteiger partial charge < -0.3 is 15.0 Å². The summed E-state index contributed by atoms with van der Waals surface area (Å²) in [7, 11) is 1.97. The van der Waals surface area contributed by atoms with Gasteiger partial charge in [-0.05, 0) is 91.1 Å². The summed E-state index contributed by atoms with van der Waals surface area (Å²) in [6.07, 6.45) is 8.35. The number of aromatic nitrogens is 3. The van der Waals surface area contributed by atoms with Gasteiger partial charge >= 0.3 is 5.97 Å². The third kappa shape index (κ3) is 11.2. The Balaban J connectivity index is 1.07. The molecule has 15 heteroatoms. The van der Waals surface area contributed by atoms with E-state index in [9.17, 15) is 14.4 Å². The number of alkyl halides is 6. The summed E-state index contributed by atoms with van der Waals surface area (Å²) in [6, 6.07) is 20.8. The fourth-order valence-corrected chi connectivity index (χ4v) is 6.00. The van der Waals surface area contributed by atoms with E-state index in [0.29, 0.717) is 35.5 Å². The van der Waals surface area contributed by atoms with E-state index in [2.05, 4.69) is 25.2 Å². The Bertz CT molecular complexity index is 2030. The molecule has 1 saturated carbocycles. The van der Waals surface area contributed by atoms with E-state index in [4.69, 9.17) is 74.3 Å². The lowest BCUT2D eigenvalue weighted by Gasteiger charge is -2.19. The molecule has 0 radical (unpaired) electrons. The molecule has 3 aromatic carbocycles. The number of rotatable bonds is 11. The molecule has 1 amide bonds. The van der Waals surface area contributed by atoms with E-state index in [1.807, 2.05) is 63.4 Å². The Hall–Kier alpha value is -3.70. The SMILES string of the molecule is CN(CCCC(=O)Oc1ccc(C(=O)Nc2ccc(-c3nc(C(Cl)(Cl)Cl)nc(C(Cl)(Cl)Cl)n3)cc2)cc1)c1ccc(/C=C/C=C2\CCC(C)(C)C2=O)cc1. The summed E-state index contributed by atoms with van der Waals surface area (Å²) in [5.74, 6) is -0.555. The summed E-state index contributed by atoms with van der Waals surface area (Å²) in [5.41, 5.74) is 3.98. The van der Waals surface area contributed by atoms with E-state index in [1.165, 1.54) is 0 Å². The van der Waals surface area contributed by atoms with Crippen molar-refractivity contribution in [2.45, 2.75) is 47.1 Å². The quantitative estimate of drug-likeness (QED) is 0.0687. The second-order valence-corrected chi connectivity index (χ2v) is 17.8. The lowest BCUT2D eigenvalue weighted by molar-refractivity contribution is -0.134. The number of ether oxygens (including phenoxy) is 1. The van der Waals surface area contributed by atoms with E-state index < -0.39 is 7.59 Å². The highest BCUT2D eigenvalue weighted by Crippen LogP contribution is 2.41. The standard InChI is InChI=1S/C39H35Cl6N5O4/c1-37(2)22-21-25(32(37)52)7-4-6-24-9-17-29(18-10-24)50(3)23-5-8-31(51)54-30-19-13-27(14-20-30)34(53)46-28-15-11-26(12-16-28)33-47-35(38(40,41)42)49-36(48-33)39(43,44)45/h4,6-7,9-20H,5,8,21-23H2,1-3H3,(H,46,53)/b6-4+,25-7+. The molecule has 54 heavy (non-hydrogen) atoms. The van der Waals surface area contributed by atoms with Crippen molar-refractivity contribution in [1.82, 2.24) is 15.0 Å². The number of carbonyl (C=O) groups excluding carboxylic acids is 3. The van der Waals surface area contributed by atoms with Crippen molar-refractivity contribution in [3.05, 3.63) is 113 Å². The van der Waals surface area contributed by atoms with Crippen LogP contribution in [0.2, 0.25) is 0 Å². The average Bonchev–Trinajstić information content (AvgIpc) is 3.38. The number of halogens is 6. The number of allylic oxidation sites excluding steroid dienone is 3. The van der Waals surface area contributed by atoms with E-state index in [0.717, 1.165) is 29.7 Å². The van der Waals surface area contributed by atoms with Crippen LogP contribution in [0.3, 0.4) is 0 Å². The maximum atomic E-state index is 12.9. The van der Waals surface area contributed by atoms with Crippen molar-refractivity contribution in [3.8, 4) is 17.1 Å². The Labute approximate surface area is 343 Å². The number of nitrogens with one attached hydrogen (secondary N) is 1. The van der Waals surface area contributed by atoms with Crippen molar-refractivity contribution >= 4 is 105 Å². The molecule has 0 atom stereocenters. The van der Waals surface area contributed by atoms with Crippen LogP contribution >= 0.6 is 69.6 Å². The largest absolute Gasteiger partial charge is 0.427 e. The highest BCUT2D eigenvalue weighted by molar-refractivity contribution is 6.67. The Kier molecular flexibility index (Phi) is 13.4. The van der Waals surface area contributed by atoms with Crippen molar-refractivity contribution in [2.24, 2.45) is 5.41 Å². The molecule has 1 aromatic heterocycles. The molecular formula is C39H35Cl6N5O4. The van der Waals surface area contributed by atoms with Crippen LogP contribution in [0.5, 0.6) is 5.75 Å². The Morgan fingerprint density at radius 2 is 1.48 bits per heavy atom. The minimum absolute atomic E-state index is 0.0926. The number of amides is 1. The summed E-state index contributed by atoms with van der Waals surface area (Å²) >= 11 is 35.8. The molecule has 9 nitrogen and oxygen atoms in total. The van der Waals surface area contributed by atoms with Crippen molar-refractivity contribution in [1.29, 1.82) is 0 Å². The van der Waals surface area contributed by atoms with E-state index in [-0.39, 0.29) is 47.0 Å². The number of esters is 1. The smallest absolute Gasteiger partial charge is 0.311 e. The van der Waals surface area contributed by atoms with Crippen LogP contribution in [-0.4, -0.2) is 46.2 Å². The van der Waals surface area contributed by atoms with Gasteiger partial charge in [-0.3, -0.25) is 14.4 Å². The lowest BCUT2D eigenvalue weighted by atomic mass is 9.90. The number of ketones is 1. The van der Waals surface area contributed by atoms with Crippen LogP contribution in [0, 0.1) is 5.41 Å².